The molecule has 8 nitrogen and oxygen atoms in total. The number of fused-ring (bicyclic) bond motifs is 1. The summed E-state index contributed by atoms with van der Waals surface area (Å²) in [4.78, 5) is 13.6. The molecule has 1 aromatic heterocycles. The molecule has 0 fully saturated rings. The van der Waals surface area contributed by atoms with Gasteiger partial charge in [-0.25, -0.2) is 4.79 Å². The van der Waals surface area contributed by atoms with E-state index in [4.69, 9.17) is 4.74 Å². The molecule has 0 unspecified atom stereocenters. The van der Waals surface area contributed by atoms with E-state index in [1.807, 2.05) is 0 Å². The van der Waals surface area contributed by atoms with E-state index in [2.05, 4.69) is 14.4 Å². The molecule has 0 N–H and O–H groups in total. The topological polar surface area (TPSA) is 98.7 Å². The van der Waals surface area contributed by atoms with Gasteiger partial charge in [-0.15, -0.1) is 5.10 Å². The van der Waals surface area contributed by atoms with Gasteiger partial charge in [0.15, 0.2) is 0 Å². The van der Waals surface area contributed by atoms with Crippen molar-refractivity contribution in [3.05, 3.63) is 17.3 Å². The smallest absolute Gasteiger partial charge is 0.444 e. The van der Waals surface area contributed by atoms with Gasteiger partial charge < -0.3 is 13.8 Å². The lowest BCUT2D eigenvalue weighted by Gasteiger charge is -2.35. The zero-order valence-electron chi connectivity index (χ0n) is 14.5. The van der Waals surface area contributed by atoms with Crippen LogP contribution in [-0.2, 0) is 21.3 Å². The van der Waals surface area contributed by atoms with Crippen LogP contribution in [0.3, 0.4) is 0 Å². The van der Waals surface area contributed by atoms with Crippen LogP contribution in [0.5, 0.6) is 5.88 Å². The summed E-state index contributed by atoms with van der Waals surface area (Å²) < 4.78 is 68.8. The van der Waals surface area contributed by atoms with Crippen LogP contribution in [0, 0.1) is 0 Å². The molecule has 146 valence electrons. The number of rotatable bonds is 2. The van der Waals surface area contributed by atoms with E-state index in [1.54, 1.807) is 27.7 Å². The standard InChI is InChI=1S/C14H18F3N3O5S/c1-8-9-7-11(25-26(22,23)14(15,16)17)19-18-10(9)5-6-20(8)12(21)24-13(2,3)4/h7-8H,5-6H2,1-4H3/t8-/m1/s1. The Morgan fingerprint density at radius 1 is 1.27 bits per heavy atom. The van der Waals surface area contributed by atoms with Gasteiger partial charge >= 0.3 is 21.7 Å². The highest BCUT2D eigenvalue weighted by Crippen LogP contribution is 2.32. The third-order valence-corrected chi connectivity index (χ3v) is 4.45. The highest BCUT2D eigenvalue weighted by atomic mass is 32.2. The van der Waals surface area contributed by atoms with Crippen LogP contribution in [-0.4, -0.2) is 47.3 Å². The molecule has 0 radical (unpaired) electrons. The van der Waals surface area contributed by atoms with Crippen LogP contribution in [0.15, 0.2) is 6.07 Å². The number of hydrogen-bond acceptors (Lipinski definition) is 7. The van der Waals surface area contributed by atoms with Crippen molar-refractivity contribution in [1.29, 1.82) is 0 Å². The maximum absolute atomic E-state index is 12.4. The number of aromatic nitrogens is 2. The third kappa shape index (κ3) is 4.34. The molecule has 2 rings (SSSR count). The van der Waals surface area contributed by atoms with Crippen LogP contribution in [0.4, 0.5) is 18.0 Å². The lowest BCUT2D eigenvalue weighted by Crippen LogP contribution is -2.42. The van der Waals surface area contributed by atoms with Crippen LogP contribution in [0.2, 0.25) is 0 Å². The summed E-state index contributed by atoms with van der Waals surface area (Å²) in [6.45, 7) is 7.00. The predicted molar refractivity (Wildman–Crippen MR) is 82.7 cm³/mol. The Hall–Kier alpha value is -2.11. The summed E-state index contributed by atoms with van der Waals surface area (Å²) in [6.07, 6.45) is -0.309. The van der Waals surface area contributed by atoms with Crippen molar-refractivity contribution in [3.63, 3.8) is 0 Å². The minimum atomic E-state index is -5.86. The van der Waals surface area contributed by atoms with Crippen molar-refractivity contribution in [2.24, 2.45) is 0 Å². The second-order valence-electron chi connectivity index (χ2n) is 6.67. The second kappa shape index (κ2) is 6.56. The quantitative estimate of drug-likeness (QED) is 0.559. The van der Waals surface area contributed by atoms with E-state index >= 15 is 0 Å². The maximum atomic E-state index is 12.4. The van der Waals surface area contributed by atoms with E-state index in [-0.39, 0.29) is 13.0 Å². The Balaban J connectivity index is 2.28. The minimum absolute atomic E-state index is 0.277. The Morgan fingerprint density at radius 3 is 2.42 bits per heavy atom. The molecule has 1 aromatic rings. The number of alkyl halides is 3. The molecular formula is C14H18F3N3O5S. The molecule has 0 aliphatic carbocycles. The van der Waals surface area contributed by atoms with Gasteiger partial charge in [0.2, 0.25) is 0 Å². The molecular weight excluding hydrogens is 379 g/mol. The fourth-order valence-electron chi connectivity index (χ4n) is 2.33. The van der Waals surface area contributed by atoms with Crippen LogP contribution in [0.1, 0.15) is 45.0 Å². The van der Waals surface area contributed by atoms with Crippen molar-refractivity contribution in [2.45, 2.75) is 51.3 Å². The molecule has 1 aliphatic rings. The van der Waals surface area contributed by atoms with Crippen molar-refractivity contribution in [2.75, 3.05) is 6.54 Å². The van der Waals surface area contributed by atoms with Crippen LogP contribution in [0.25, 0.3) is 0 Å². The lowest BCUT2D eigenvalue weighted by atomic mass is 9.99. The number of ether oxygens (including phenoxy) is 1. The Kier molecular flexibility index (Phi) is 5.10. The summed E-state index contributed by atoms with van der Waals surface area (Å²) >= 11 is 0. The highest BCUT2D eigenvalue weighted by Gasteiger charge is 2.49. The second-order valence-corrected chi connectivity index (χ2v) is 8.21. The summed E-state index contributed by atoms with van der Waals surface area (Å²) in [6, 6.07) is 0.423. The number of hydrogen-bond donors (Lipinski definition) is 0. The molecule has 2 heterocycles. The van der Waals surface area contributed by atoms with E-state index in [0.29, 0.717) is 11.3 Å². The van der Waals surface area contributed by atoms with Gasteiger partial charge in [-0.3, -0.25) is 0 Å². The normalized spacial score (nSPS) is 18.3. The van der Waals surface area contributed by atoms with Gasteiger partial charge in [-0.2, -0.15) is 26.7 Å². The Morgan fingerprint density at radius 2 is 1.88 bits per heavy atom. The number of nitrogens with zero attached hydrogens (tertiary/aromatic N) is 3. The van der Waals surface area contributed by atoms with E-state index < -0.39 is 39.2 Å². The molecule has 1 atom stereocenters. The van der Waals surface area contributed by atoms with Crippen LogP contribution < -0.4 is 4.18 Å². The zero-order valence-corrected chi connectivity index (χ0v) is 15.3. The Bertz CT molecular complexity index is 805. The van der Waals surface area contributed by atoms with E-state index in [0.717, 1.165) is 6.07 Å². The first-order chi connectivity index (χ1) is 11.7. The molecule has 12 heteroatoms. The predicted octanol–water partition coefficient (Wildman–Crippen LogP) is 2.56. The maximum Gasteiger partial charge on any atom is 0.534 e. The minimum Gasteiger partial charge on any atom is -0.444 e. The van der Waals surface area contributed by atoms with Crippen molar-refractivity contribution in [1.82, 2.24) is 15.1 Å². The molecule has 0 saturated carbocycles. The van der Waals surface area contributed by atoms with Gasteiger partial charge in [0.05, 0.1) is 11.7 Å². The van der Waals surface area contributed by atoms with Crippen molar-refractivity contribution in [3.8, 4) is 5.88 Å². The molecule has 0 saturated heterocycles. The first-order valence-corrected chi connectivity index (χ1v) is 8.99. The van der Waals surface area contributed by atoms with Gasteiger partial charge in [-0.1, -0.05) is 0 Å². The summed E-state index contributed by atoms with van der Waals surface area (Å²) in [5.74, 6) is -0.820. The summed E-state index contributed by atoms with van der Waals surface area (Å²) in [7, 11) is -5.86. The van der Waals surface area contributed by atoms with Crippen molar-refractivity contribution < 1.29 is 35.3 Å². The highest BCUT2D eigenvalue weighted by molar-refractivity contribution is 7.87. The van der Waals surface area contributed by atoms with Crippen LogP contribution >= 0.6 is 0 Å². The largest absolute Gasteiger partial charge is 0.534 e. The Labute approximate surface area is 148 Å². The van der Waals surface area contributed by atoms with Gasteiger partial charge in [0.1, 0.15) is 5.60 Å². The third-order valence-electron chi connectivity index (χ3n) is 3.50. The number of carbonyl (C=O) groups is 1. The molecule has 0 bridgehead atoms. The molecule has 0 spiro atoms. The first-order valence-electron chi connectivity index (χ1n) is 7.58. The average molecular weight is 397 g/mol. The van der Waals surface area contributed by atoms with Gasteiger partial charge in [-0.05, 0) is 27.7 Å². The SMILES string of the molecule is C[C@@H]1c2cc(OS(=O)(=O)C(F)(F)F)nnc2CCN1C(=O)OC(C)(C)C. The molecule has 0 aromatic carbocycles. The fraction of sp³-hybridized carbons (Fsp3) is 0.643. The number of halogens is 3. The van der Waals surface area contributed by atoms with E-state index in [1.165, 1.54) is 4.90 Å². The fourth-order valence-corrected chi connectivity index (χ4v) is 2.73. The number of carbonyl (C=O) groups excluding carboxylic acids is 1. The summed E-state index contributed by atoms with van der Waals surface area (Å²) in [5, 5.41) is 7.09. The monoisotopic (exact) mass is 397 g/mol. The zero-order chi connectivity index (χ0) is 19.9. The lowest BCUT2D eigenvalue weighted by molar-refractivity contribution is -0.0501. The number of amides is 1. The summed E-state index contributed by atoms with van der Waals surface area (Å²) in [5.41, 5.74) is -5.53. The van der Waals surface area contributed by atoms with Gasteiger partial charge in [0.25, 0.3) is 5.88 Å². The molecule has 1 aliphatic heterocycles. The average Bonchev–Trinajstić information content (AvgIpc) is 2.44. The van der Waals surface area contributed by atoms with Gasteiger partial charge in [0, 0.05) is 24.6 Å². The first kappa shape index (κ1) is 20.2. The van der Waals surface area contributed by atoms with Crippen molar-refractivity contribution >= 4 is 16.2 Å². The van der Waals surface area contributed by atoms with E-state index in [9.17, 15) is 26.4 Å². The molecule has 26 heavy (non-hydrogen) atoms. The molecule has 1 amide bonds.